The third-order valence-electron chi connectivity index (χ3n) is 2.18. The minimum atomic E-state index is -0.159. The molecule has 1 atom stereocenters. The molecule has 3 N–H and O–H groups in total. The van der Waals surface area contributed by atoms with Crippen LogP contribution in [-0.2, 0) is 0 Å². The van der Waals surface area contributed by atoms with Gasteiger partial charge in [-0.25, -0.2) is 0 Å². The molecule has 14 heavy (non-hydrogen) atoms. The fourth-order valence-corrected chi connectivity index (χ4v) is 1.54. The predicted octanol–water partition coefficient (Wildman–Crippen LogP) is 1.20. The molecule has 1 aromatic heterocycles. The Labute approximate surface area is 83.2 Å². The molecule has 0 aliphatic rings. The Bertz CT molecular complexity index is 343. The number of oxime groups is 1. The molecule has 1 aromatic rings. The molecule has 5 nitrogen and oxygen atoms in total. The van der Waals surface area contributed by atoms with Crippen molar-refractivity contribution in [2.75, 3.05) is 0 Å². The molecule has 0 aliphatic carbocycles. The summed E-state index contributed by atoms with van der Waals surface area (Å²) in [7, 11) is 0. The first-order valence-corrected chi connectivity index (χ1v) is 4.60. The smallest absolute Gasteiger partial charge is 0.164 e. The first kappa shape index (κ1) is 10.6. The fourth-order valence-electron chi connectivity index (χ4n) is 1.54. The van der Waals surface area contributed by atoms with Crippen molar-refractivity contribution in [1.29, 1.82) is 0 Å². The van der Waals surface area contributed by atoms with Crippen molar-refractivity contribution in [3.63, 3.8) is 0 Å². The lowest BCUT2D eigenvalue weighted by atomic mass is 10.2. The summed E-state index contributed by atoms with van der Waals surface area (Å²) in [5.41, 5.74) is 7.53. The summed E-state index contributed by atoms with van der Waals surface area (Å²) < 4.78 is 1.78. The van der Waals surface area contributed by atoms with E-state index < -0.39 is 0 Å². The van der Waals surface area contributed by atoms with Gasteiger partial charge in [-0.05, 0) is 26.3 Å². The molecule has 0 aliphatic heterocycles. The number of amidine groups is 1. The number of rotatable bonds is 3. The standard InChI is InChI=1S/C9H16N4O/c1-4-8(9(10)12-14)13-7(3)5-6(2)11-13/h5,8,14H,4H2,1-3H3,(H2,10,12). The third-order valence-corrected chi connectivity index (χ3v) is 2.18. The molecule has 5 heteroatoms. The number of hydrogen-bond donors (Lipinski definition) is 2. The zero-order chi connectivity index (χ0) is 10.7. The van der Waals surface area contributed by atoms with Crippen molar-refractivity contribution >= 4 is 5.84 Å². The van der Waals surface area contributed by atoms with E-state index in [9.17, 15) is 0 Å². The van der Waals surface area contributed by atoms with Gasteiger partial charge in [-0.15, -0.1) is 0 Å². The van der Waals surface area contributed by atoms with Gasteiger partial charge in [0.05, 0.1) is 5.69 Å². The lowest BCUT2D eigenvalue weighted by Gasteiger charge is -2.15. The SMILES string of the molecule is CCC(/C(N)=N/O)n1nc(C)cc1C. The van der Waals surface area contributed by atoms with E-state index in [1.54, 1.807) is 4.68 Å². The van der Waals surface area contributed by atoms with E-state index in [1.165, 1.54) is 0 Å². The summed E-state index contributed by atoms with van der Waals surface area (Å²) in [5, 5.41) is 15.9. The Morgan fingerprint density at radius 2 is 2.36 bits per heavy atom. The van der Waals surface area contributed by atoms with E-state index in [0.717, 1.165) is 17.8 Å². The van der Waals surface area contributed by atoms with Gasteiger partial charge >= 0.3 is 0 Å². The van der Waals surface area contributed by atoms with Crippen LogP contribution >= 0.6 is 0 Å². The second-order valence-corrected chi connectivity index (χ2v) is 3.32. The van der Waals surface area contributed by atoms with E-state index in [0.29, 0.717) is 0 Å². The summed E-state index contributed by atoms with van der Waals surface area (Å²) in [6, 6.07) is 1.81. The molecule has 1 heterocycles. The maximum Gasteiger partial charge on any atom is 0.164 e. The molecule has 0 saturated heterocycles. The van der Waals surface area contributed by atoms with Gasteiger partial charge in [0.1, 0.15) is 6.04 Å². The molecule has 0 radical (unpaired) electrons. The average Bonchev–Trinajstić information content (AvgIpc) is 2.47. The van der Waals surface area contributed by atoms with Gasteiger partial charge in [-0.1, -0.05) is 12.1 Å². The highest BCUT2D eigenvalue weighted by atomic mass is 16.4. The number of aromatic nitrogens is 2. The van der Waals surface area contributed by atoms with Gasteiger partial charge in [0.15, 0.2) is 5.84 Å². The van der Waals surface area contributed by atoms with Crippen LogP contribution in [0.4, 0.5) is 0 Å². The Balaban J connectivity index is 3.06. The second-order valence-electron chi connectivity index (χ2n) is 3.32. The third kappa shape index (κ3) is 1.86. The topological polar surface area (TPSA) is 76.4 Å². The van der Waals surface area contributed by atoms with Crippen molar-refractivity contribution in [2.24, 2.45) is 10.9 Å². The minimum Gasteiger partial charge on any atom is -0.409 e. The van der Waals surface area contributed by atoms with Crippen LogP contribution in [-0.4, -0.2) is 20.8 Å². The molecule has 0 bridgehead atoms. The van der Waals surface area contributed by atoms with Crippen molar-refractivity contribution in [1.82, 2.24) is 9.78 Å². The number of hydrogen-bond acceptors (Lipinski definition) is 3. The Kier molecular flexibility index (Phi) is 3.11. The van der Waals surface area contributed by atoms with E-state index in [4.69, 9.17) is 10.9 Å². The highest BCUT2D eigenvalue weighted by Crippen LogP contribution is 2.14. The molecule has 0 saturated carbocycles. The van der Waals surface area contributed by atoms with Crippen LogP contribution < -0.4 is 5.73 Å². The zero-order valence-corrected chi connectivity index (χ0v) is 8.73. The van der Waals surface area contributed by atoms with Gasteiger partial charge in [-0.2, -0.15) is 5.10 Å². The van der Waals surface area contributed by atoms with Crippen molar-refractivity contribution in [2.45, 2.75) is 33.2 Å². The quantitative estimate of drug-likeness (QED) is 0.330. The Hall–Kier alpha value is -1.52. The Morgan fingerprint density at radius 1 is 1.71 bits per heavy atom. The summed E-state index contributed by atoms with van der Waals surface area (Å²) in [5.74, 6) is 0.193. The molecular formula is C9H16N4O. The van der Waals surface area contributed by atoms with Crippen LogP contribution in [0, 0.1) is 13.8 Å². The van der Waals surface area contributed by atoms with Crippen molar-refractivity contribution in [3.05, 3.63) is 17.5 Å². The maximum absolute atomic E-state index is 8.62. The van der Waals surface area contributed by atoms with E-state index in [-0.39, 0.29) is 11.9 Å². The lowest BCUT2D eigenvalue weighted by molar-refractivity contribution is 0.312. The molecular weight excluding hydrogens is 180 g/mol. The molecule has 1 unspecified atom stereocenters. The highest BCUT2D eigenvalue weighted by Gasteiger charge is 2.16. The van der Waals surface area contributed by atoms with Crippen LogP contribution in [0.25, 0.3) is 0 Å². The minimum absolute atomic E-state index is 0.159. The first-order chi connectivity index (χ1) is 6.60. The van der Waals surface area contributed by atoms with Gasteiger partial charge in [0.25, 0.3) is 0 Å². The molecule has 0 spiro atoms. The average molecular weight is 196 g/mol. The van der Waals surface area contributed by atoms with Gasteiger partial charge in [0, 0.05) is 5.69 Å². The number of nitrogens with two attached hydrogens (primary N) is 1. The summed E-state index contributed by atoms with van der Waals surface area (Å²) in [6.45, 7) is 5.84. The molecule has 78 valence electrons. The molecule has 0 fully saturated rings. The van der Waals surface area contributed by atoms with E-state index >= 15 is 0 Å². The zero-order valence-electron chi connectivity index (χ0n) is 8.73. The highest BCUT2D eigenvalue weighted by molar-refractivity contribution is 5.83. The fraction of sp³-hybridized carbons (Fsp3) is 0.556. The summed E-state index contributed by atoms with van der Waals surface area (Å²) in [6.07, 6.45) is 0.748. The summed E-state index contributed by atoms with van der Waals surface area (Å²) in [4.78, 5) is 0. The van der Waals surface area contributed by atoms with Crippen LogP contribution in [0.15, 0.2) is 11.2 Å². The van der Waals surface area contributed by atoms with Crippen molar-refractivity contribution in [3.8, 4) is 0 Å². The first-order valence-electron chi connectivity index (χ1n) is 4.60. The lowest BCUT2D eigenvalue weighted by Crippen LogP contribution is -2.28. The molecule has 1 rings (SSSR count). The second kappa shape index (κ2) is 4.13. The molecule has 0 amide bonds. The molecule has 0 aromatic carbocycles. The van der Waals surface area contributed by atoms with E-state index in [1.807, 2.05) is 26.8 Å². The van der Waals surface area contributed by atoms with Crippen LogP contribution in [0.2, 0.25) is 0 Å². The van der Waals surface area contributed by atoms with Crippen LogP contribution in [0.1, 0.15) is 30.8 Å². The maximum atomic E-state index is 8.62. The largest absolute Gasteiger partial charge is 0.409 e. The number of nitrogens with zero attached hydrogens (tertiary/aromatic N) is 3. The predicted molar refractivity (Wildman–Crippen MR) is 54.4 cm³/mol. The van der Waals surface area contributed by atoms with Gasteiger partial charge < -0.3 is 10.9 Å². The van der Waals surface area contributed by atoms with Crippen molar-refractivity contribution < 1.29 is 5.21 Å². The van der Waals surface area contributed by atoms with Crippen LogP contribution in [0.5, 0.6) is 0 Å². The van der Waals surface area contributed by atoms with Gasteiger partial charge in [0.2, 0.25) is 0 Å². The monoisotopic (exact) mass is 196 g/mol. The van der Waals surface area contributed by atoms with E-state index in [2.05, 4.69) is 10.3 Å². The van der Waals surface area contributed by atoms with Gasteiger partial charge in [-0.3, -0.25) is 4.68 Å². The summed E-state index contributed by atoms with van der Waals surface area (Å²) >= 11 is 0. The van der Waals surface area contributed by atoms with Crippen LogP contribution in [0.3, 0.4) is 0 Å². The normalized spacial score (nSPS) is 14.4. The number of aryl methyl sites for hydroxylation is 2. The Morgan fingerprint density at radius 3 is 2.71 bits per heavy atom.